The fraction of sp³-hybridized carbons (Fsp3) is 0.261. The number of carbonyl (C=O) groups is 2. The lowest BCUT2D eigenvalue weighted by molar-refractivity contribution is -0.129. The molecule has 6 heteroatoms. The molecule has 3 rings (SSSR count). The lowest BCUT2D eigenvalue weighted by Gasteiger charge is -2.18. The maximum atomic E-state index is 12.4. The lowest BCUT2D eigenvalue weighted by Crippen LogP contribution is -2.38. The molecule has 2 atom stereocenters. The first-order valence-corrected chi connectivity index (χ1v) is 9.65. The van der Waals surface area contributed by atoms with E-state index in [2.05, 4.69) is 17.2 Å². The number of rotatable bonds is 7. The van der Waals surface area contributed by atoms with Gasteiger partial charge in [0.15, 0.2) is 6.10 Å². The topological polar surface area (TPSA) is 88.3 Å². The number of hydrogen-bond acceptors (Lipinski definition) is 4. The van der Waals surface area contributed by atoms with Gasteiger partial charge >= 0.3 is 5.97 Å². The molecule has 0 saturated heterocycles. The summed E-state index contributed by atoms with van der Waals surface area (Å²) < 4.78 is 5.25. The number of H-pyrrole nitrogens is 1. The number of aromatic amines is 1. The summed E-state index contributed by atoms with van der Waals surface area (Å²) in [5, 5.41) is 3.96. The zero-order valence-corrected chi connectivity index (χ0v) is 16.5. The number of esters is 1. The van der Waals surface area contributed by atoms with Gasteiger partial charge in [-0.25, -0.2) is 4.79 Å². The van der Waals surface area contributed by atoms with E-state index >= 15 is 0 Å². The van der Waals surface area contributed by atoms with Gasteiger partial charge in [-0.3, -0.25) is 9.59 Å². The minimum Gasteiger partial charge on any atom is -0.448 e. The fourth-order valence-electron chi connectivity index (χ4n) is 3.19. The molecule has 0 saturated carbocycles. The van der Waals surface area contributed by atoms with Crippen molar-refractivity contribution in [2.45, 2.75) is 32.3 Å². The highest BCUT2D eigenvalue weighted by molar-refractivity contribution is 5.94. The standard InChI is InChI=1S/C23H24N2O4/c1-3-16(17-9-5-4-6-10-17)14-24-21(26)15(2)29-23(28)20-13-18-11-7-8-12-19(18)22(27)25-20/h4-13,15-16H,3,14H2,1-2H3,(H,24,26)(H,25,27)/t15-,16+/m0/s1. The second-order valence-electron chi connectivity index (χ2n) is 6.91. The van der Waals surface area contributed by atoms with Crippen LogP contribution in [0.25, 0.3) is 10.8 Å². The van der Waals surface area contributed by atoms with Gasteiger partial charge in [0, 0.05) is 17.8 Å². The number of pyridine rings is 1. The molecule has 0 unspecified atom stereocenters. The second kappa shape index (κ2) is 9.19. The van der Waals surface area contributed by atoms with Crippen LogP contribution in [-0.2, 0) is 9.53 Å². The van der Waals surface area contributed by atoms with E-state index in [1.54, 1.807) is 30.3 Å². The third-order valence-corrected chi connectivity index (χ3v) is 4.91. The average molecular weight is 392 g/mol. The first kappa shape index (κ1) is 20.3. The van der Waals surface area contributed by atoms with Gasteiger partial charge in [0.25, 0.3) is 11.5 Å². The van der Waals surface area contributed by atoms with Gasteiger partial charge in [-0.2, -0.15) is 0 Å². The molecular formula is C23H24N2O4. The van der Waals surface area contributed by atoms with E-state index in [0.717, 1.165) is 12.0 Å². The Balaban J connectivity index is 1.62. The van der Waals surface area contributed by atoms with Crippen molar-refractivity contribution in [3.8, 4) is 0 Å². The number of nitrogens with one attached hydrogen (secondary N) is 2. The Hall–Kier alpha value is -3.41. The molecule has 0 aliphatic heterocycles. The van der Waals surface area contributed by atoms with Crippen molar-refractivity contribution >= 4 is 22.6 Å². The monoisotopic (exact) mass is 392 g/mol. The number of hydrogen-bond donors (Lipinski definition) is 2. The van der Waals surface area contributed by atoms with Gasteiger partial charge in [0.1, 0.15) is 5.69 Å². The van der Waals surface area contributed by atoms with Gasteiger partial charge in [0.05, 0.1) is 0 Å². The molecule has 2 aromatic carbocycles. The van der Waals surface area contributed by atoms with E-state index in [1.165, 1.54) is 6.92 Å². The zero-order valence-electron chi connectivity index (χ0n) is 16.5. The van der Waals surface area contributed by atoms with Crippen LogP contribution in [0, 0.1) is 0 Å². The van der Waals surface area contributed by atoms with Crippen molar-refractivity contribution in [2.75, 3.05) is 6.54 Å². The van der Waals surface area contributed by atoms with E-state index in [0.29, 0.717) is 17.3 Å². The molecule has 0 spiro atoms. The van der Waals surface area contributed by atoms with Crippen LogP contribution >= 0.6 is 0 Å². The Morgan fingerprint density at radius 2 is 1.76 bits per heavy atom. The maximum Gasteiger partial charge on any atom is 0.355 e. The molecule has 0 radical (unpaired) electrons. The minimum atomic E-state index is -0.981. The Morgan fingerprint density at radius 3 is 2.48 bits per heavy atom. The fourth-order valence-corrected chi connectivity index (χ4v) is 3.19. The van der Waals surface area contributed by atoms with E-state index in [-0.39, 0.29) is 23.1 Å². The van der Waals surface area contributed by atoms with Crippen molar-refractivity contribution in [3.05, 3.63) is 82.3 Å². The molecule has 0 bridgehead atoms. The quantitative estimate of drug-likeness (QED) is 0.604. The summed E-state index contributed by atoms with van der Waals surface area (Å²) in [6, 6.07) is 18.4. The van der Waals surface area contributed by atoms with Crippen LogP contribution < -0.4 is 10.9 Å². The van der Waals surface area contributed by atoms with Crippen LogP contribution in [0.3, 0.4) is 0 Å². The van der Waals surface area contributed by atoms with E-state index < -0.39 is 12.1 Å². The highest BCUT2D eigenvalue weighted by Gasteiger charge is 2.21. The van der Waals surface area contributed by atoms with Crippen LogP contribution in [0.5, 0.6) is 0 Å². The summed E-state index contributed by atoms with van der Waals surface area (Å²) in [7, 11) is 0. The van der Waals surface area contributed by atoms with E-state index in [9.17, 15) is 14.4 Å². The van der Waals surface area contributed by atoms with Crippen LogP contribution in [-0.4, -0.2) is 29.5 Å². The highest BCUT2D eigenvalue weighted by Crippen LogP contribution is 2.18. The third kappa shape index (κ3) is 4.90. The van der Waals surface area contributed by atoms with Gasteiger partial charge in [-0.15, -0.1) is 0 Å². The van der Waals surface area contributed by atoms with Crippen molar-refractivity contribution in [1.29, 1.82) is 0 Å². The van der Waals surface area contributed by atoms with Gasteiger partial charge in [-0.1, -0.05) is 55.5 Å². The zero-order chi connectivity index (χ0) is 20.8. The van der Waals surface area contributed by atoms with Crippen LogP contribution in [0.2, 0.25) is 0 Å². The molecule has 3 aromatic rings. The number of ether oxygens (including phenoxy) is 1. The van der Waals surface area contributed by atoms with Gasteiger partial charge < -0.3 is 15.0 Å². The summed E-state index contributed by atoms with van der Waals surface area (Å²) in [6.07, 6.45) is -0.109. The number of amides is 1. The summed E-state index contributed by atoms with van der Waals surface area (Å²) in [5.41, 5.74) is 0.790. The Labute approximate surface area is 168 Å². The lowest BCUT2D eigenvalue weighted by atomic mass is 9.96. The summed E-state index contributed by atoms with van der Waals surface area (Å²) in [4.78, 5) is 39.4. The van der Waals surface area contributed by atoms with E-state index in [1.807, 2.05) is 30.3 Å². The number of benzene rings is 2. The van der Waals surface area contributed by atoms with Crippen LogP contribution in [0.15, 0.2) is 65.5 Å². The van der Waals surface area contributed by atoms with Crippen LogP contribution in [0.1, 0.15) is 42.2 Å². The minimum absolute atomic E-state index is 0.0177. The largest absolute Gasteiger partial charge is 0.448 e. The normalized spacial score (nSPS) is 12.9. The number of carbonyl (C=O) groups excluding carboxylic acids is 2. The predicted molar refractivity (Wildman–Crippen MR) is 112 cm³/mol. The first-order valence-electron chi connectivity index (χ1n) is 9.65. The Bertz CT molecular complexity index is 1060. The molecule has 1 aromatic heterocycles. The molecule has 0 fully saturated rings. The van der Waals surface area contributed by atoms with Crippen molar-refractivity contribution in [2.24, 2.45) is 0 Å². The SMILES string of the molecule is CC[C@H](CNC(=O)[C@H](C)OC(=O)c1cc2ccccc2c(=O)[nH]1)c1ccccc1. The Kier molecular flexibility index (Phi) is 6.44. The molecule has 1 heterocycles. The average Bonchev–Trinajstić information content (AvgIpc) is 2.74. The first-order chi connectivity index (χ1) is 14.0. The molecule has 2 N–H and O–H groups in total. The molecule has 6 nitrogen and oxygen atoms in total. The molecule has 0 aliphatic rings. The summed E-state index contributed by atoms with van der Waals surface area (Å²) in [6.45, 7) is 4.02. The summed E-state index contributed by atoms with van der Waals surface area (Å²) in [5.74, 6) is -0.943. The van der Waals surface area contributed by atoms with Crippen molar-refractivity contribution in [3.63, 3.8) is 0 Å². The number of aromatic nitrogens is 1. The molecular weight excluding hydrogens is 368 g/mol. The van der Waals surface area contributed by atoms with Gasteiger partial charge in [-0.05, 0) is 36.4 Å². The molecule has 1 amide bonds. The summed E-state index contributed by atoms with van der Waals surface area (Å²) >= 11 is 0. The third-order valence-electron chi connectivity index (χ3n) is 4.91. The van der Waals surface area contributed by atoms with Crippen LogP contribution in [0.4, 0.5) is 0 Å². The van der Waals surface area contributed by atoms with Crippen molar-refractivity contribution in [1.82, 2.24) is 10.3 Å². The second-order valence-corrected chi connectivity index (χ2v) is 6.91. The highest BCUT2D eigenvalue weighted by atomic mass is 16.5. The predicted octanol–water partition coefficient (Wildman–Crippen LogP) is 3.38. The molecule has 0 aliphatic carbocycles. The molecule has 150 valence electrons. The van der Waals surface area contributed by atoms with E-state index in [4.69, 9.17) is 4.74 Å². The van der Waals surface area contributed by atoms with Gasteiger partial charge in [0.2, 0.25) is 0 Å². The smallest absolute Gasteiger partial charge is 0.355 e. The number of fused-ring (bicyclic) bond motifs is 1. The van der Waals surface area contributed by atoms with Crippen molar-refractivity contribution < 1.29 is 14.3 Å². The maximum absolute atomic E-state index is 12.4. The molecule has 29 heavy (non-hydrogen) atoms. The Morgan fingerprint density at radius 1 is 1.07 bits per heavy atom.